The molecule has 0 spiro atoms. The van der Waals surface area contributed by atoms with E-state index in [0.717, 1.165) is 24.5 Å². The minimum absolute atomic E-state index is 0.226. The van der Waals surface area contributed by atoms with Gasteiger partial charge >= 0.3 is 0 Å². The minimum Gasteiger partial charge on any atom is -0.326 e. The molecule has 2 unspecified atom stereocenters. The number of aryl methyl sites for hydroxylation is 1. The van der Waals surface area contributed by atoms with Crippen LogP contribution >= 0.6 is 11.3 Å². The van der Waals surface area contributed by atoms with Gasteiger partial charge in [0.15, 0.2) is 0 Å². The second-order valence-electron chi connectivity index (χ2n) is 5.14. The van der Waals surface area contributed by atoms with Crippen molar-refractivity contribution in [2.45, 2.75) is 32.0 Å². The van der Waals surface area contributed by atoms with E-state index in [-0.39, 0.29) is 6.04 Å². The highest BCUT2D eigenvalue weighted by atomic mass is 32.1. The molecule has 19 heavy (non-hydrogen) atoms. The van der Waals surface area contributed by atoms with Crippen LogP contribution in [0.5, 0.6) is 0 Å². The van der Waals surface area contributed by atoms with Crippen molar-refractivity contribution in [1.82, 2.24) is 9.88 Å². The van der Waals surface area contributed by atoms with Crippen molar-refractivity contribution in [1.29, 1.82) is 0 Å². The highest BCUT2D eigenvalue weighted by Crippen LogP contribution is 2.35. The van der Waals surface area contributed by atoms with Gasteiger partial charge in [0.05, 0.1) is 11.0 Å². The number of hydrogen-bond acceptors (Lipinski definition) is 4. The Hall–Kier alpha value is -1.23. The molecule has 0 saturated carbocycles. The summed E-state index contributed by atoms with van der Waals surface area (Å²) in [5.41, 5.74) is 7.65. The molecular weight excluding hydrogens is 254 g/mol. The molecule has 0 bridgehead atoms. The summed E-state index contributed by atoms with van der Waals surface area (Å²) in [4.78, 5) is 8.16. The lowest BCUT2D eigenvalue weighted by molar-refractivity contribution is 0.242. The van der Waals surface area contributed by atoms with Gasteiger partial charge in [0.25, 0.3) is 0 Å². The lowest BCUT2D eigenvalue weighted by Gasteiger charge is -2.25. The maximum absolute atomic E-state index is 6.30. The van der Waals surface area contributed by atoms with Crippen LogP contribution in [0.4, 0.5) is 0 Å². The lowest BCUT2D eigenvalue weighted by atomic mass is 10.1. The number of benzene rings is 1. The van der Waals surface area contributed by atoms with Gasteiger partial charge in [0, 0.05) is 30.2 Å². The zero-order valence-electron chi connectivity index (χ0n) is 11.1. The Morgan fingerprint density at radius 2 is 2.16 bits per heavy atom. The molecular formula is C15H19N3S. The Balaban J connectivity index is 1.81. The van der Waals surface area contributed by atoms with Crippen molar-refractivity contribution in [3.8, 4) is 0 Å². The Morgan fingerprint density at radius 3 is 2.84 bits per heavy atom. The second kappa shape index (κ2) is 5.41. The fourth-order valence-electron chi connectivity index (χ4n) is 2.78. The summed E-state index contributed by atoms with van der Waals surface area (Å²) >= 11 is 1.77. The molecule has 0 amide bonds. The van der Waals surface area contributed by atoms with Crippen LogP contribution in [0.1, 0.15) is 27.9 Å². The molecule has 1 aliphatic rings. The summed E-state index contributed by atoms with van der Waals surface area (Å²) in [5, 5.41) is 1.12. The predicted octanol–water partition coefficient (Wildman–Crippen LogP) is 2.73. The number of thiazole rings is 1. The maximum atomic E-state index is 6.30. The zero-order chi connectivity index (χ0) is 13.2. The third kappa shape index (κ3) is 2.71. The van der Waals surface area contributed by atoms with Crippen LogP contribution in [0.25, 0.3) is 0 Å². The summed E-state index contributed by atoms with van der Waals surface area (Å²) < 4.78 is 0. The van der Waals surface area contributed by atoms with E-state index in [2.05, 4.69) is 47.1 Å². The van der Waals surface area contributed by atoms with Crippen LogP contribution in [0.2, 0.25) is 0 Å². The molecule has 2 N–H and O–H groups in total. The van der Waals surface area contributed by atoms with Gasteiger partial charge in [-0.3, -0.25) is 4.90 Å². The van der Waals surface area contributed by atoms with Gasteiger partial charge in [0.1, 0.15) is 0 Å². The summed E-state index contributed by atoms with van der Waals surface area (Å²) in [6, 6.07) is 11.2. The zero-order valence-corrected chi connectivity index (χ0v) is 11.9. The predicted molar refractivity (Wildman–Crippen MR) is 79.0 cm³/mol. The maximum Gasteiger partial charge on any atom is 0.0897 e. The molecule has 100 valence electrons. The van der Waals surface area contributed by atoms with Crippen LogP contribution < -0.4 is 5.73 Å². The van der Waals surface area contributed by atoms with E-state index in [9.17, 15) is 0 Å². The van der Waals surface area contributed by atoms with Crippen molar-refractivity contribution in [3.63, 3.8) is 0 Å². The van der Waals surface area contributed by atoms with Crippen LogP contribution in [-0.2, 0) is 6.54 Å². The van der Waals surface area contributed by atoms with E-state index in [1.54, 1.807) is 11.3 Å². The third-order valence-corrected chi connectivity index (χ3v) is 4.69. The van der Waals surface area contributed by atoms with Gasteiger partial charge in [0.2, 0.25) is 0 Å². The summed E-state index contributed by atoms with van der Waals surface area (Å²) in [5.74, 6) is 0. The van der Waals surface area contributed by atoms with Crippen molar-refractivity contribution in [3.05, 3.63) is 52.0 Å². The van der Waals surface area contributed by atoms with Gasteiger partial charge in [-0.1, -0.05) is 30.3 Å². The molecule has 2 heterocycles. The average Bonchev–Trinajstić information content (AvgIpc) is 2.97. The Morgan fingerprint density at radius 1 is 1.37 bits per heavy atom. The quantitative estimate of drug-likeness (QED) is 0.935. The molecule has 0 aliphatic carbocycles. The number of aromatic nitrogens is 1. The average molecular weight is 273 g/mol. The number of nitrogens with zero attached hydrogens (tertiary/aromatic N) is 2. The summed E-state index contributed by atoms with van der Waals surface area (Å²) in [7, 11) is 0. The molecule has 1 aliphatic heterocycles. The first kappa shape index (κ1) is 12.8. The number of nitrogens with two attached hydrogens (primary N) is 1. The van der Waals surface area contributed by atoms with Gasteiger partial charge in [-0.15, -0.1) is 11.3 Å². The largest absolute Gasteiger partial charge is 0.326 e. The number of likely N-dealkylation sites (tertiary alicyclic amines) is 1. The van der Waals surface area contributed by atoms with E-state index in [1.165, 1.54) is 10.4 Å². The molecule has 2 atom stereocenters. The van der Waals surface area contributed by atoms with Crippen LogP contribution in [0.3, 0.4) is 0 Å². The Kier molecular flexibility index (Phi) is 3.64. The van der Waals surface area contributed by atoms with E-state index in [1.807, 2.05) is 6.20 Å². The van der Waals surface area contributed by atoms with E-state index in [4.69, 9.17) is 5.73 Å². The molecule has 3 rings (SSSR count). The first-order valence-electron chi connectivity index (χ1n) is 6.70. The summed E-state index contributed by atoms with van der Waals surface area (Å²) in [6.07, 6.45) is 3.06. The molecule has 1 aromatic carbocycles. The topological polar surface area (TPSA) is 42.1 Å². The van der Waals surface area contributed by atoms with Gasteiger partial charge in [-0.05, 0) is 18.9 Å². The highest BCUT2D eigenvalue weighted by molar-refractivity contribution is 7.11. The second-order valence-corrected chi connectivity index (χ2v) is 6.40. The number of rotatable bonds is 3. The third-order valence-electron chi connectivity index (χ3n) is 3.71. The van der Waals surface area contributed by atoms with Crippen molar-refractivity contribution in [2.75, 3.05) is 6.54 Å². The fourth-order valence-corrected chi connectivity index (χ4v) is 3.78. The van der Waals surface area contributed by atoms with Crippen molar-refractivity contribution < 1.29 is 0 Å². The summed E-state index contributed by atoms with van der Waals surface area (Å²) in [6.45, 7) is 4.09. The van der Waals surface area contributed by atoms with Crippen molar-refractivity contribution >= 4 is 11.3 Å². The van der Waals surface area contributed by atoms with Crippen LogP contribution in [0.15, 0.2) is 36.5 Å². The van der Waals surface area contributed by atoms with Crippen LogP contribution in [0, 0.1) is 6.92 Å². The standard InChI is InChI=1S/C15H19N3S/c1-11-17-9-14(19-11)15-13(16)7-8-18(15)10-12-5-3-2-4-6-12/h2-6,9,13,15H,7-8,10,16H2,1H3. The Bertz CT molecular complexity index is 537. The fraction of sp³-hybridized carbons (Fsp3) is 0.400. The lowest BCUT2D eigenvalue weighted by Crippen LogP contribution is -2.30. The number of hydrogen-bond donors (Lipinski definition) is 1. The molecule has 1 saturated heterocycles. The monoisotopic (exact) mass is 273 g/mol. The van der Waals surface area contributed by atoms with Crippen LogP contribution in [-0.4, -0.2) is 22.5 Å². The molecule has 1 aromatic heterocycles. The van der Waals surface area contributed by atoms with Gasteiger partial charge < -0.3 is 5.73 Å². The van der Waals surface area contributed by atoms with Gasteiger partial charge in [-0.2, -0.15) is 0 Å². The molecule has 0 radical (unpaired) electrons. The van der Waals surface area contributed by atoms with E-state index < -0.39 is 0 Å². The first-order valence-corrected chi connectivity index (χ1v) is 7.51. The molecule has 4 heteroatoms. The SMILES string of the molecule is Cc1ncc(C2C(N)CCN2Cc2ccccc2)s1. The van der Waals surface area contributed by atoms with E-state index >= 15 is 0 Å². The molecule has 1 fully saturated rings. The minimum atomic E-state index is 0.226. The first-order chi connectivity index (χ1) is 9.24. The van der Waals surface area contributed by atoms with Gasteiger partial charge in [-0.25, -0.2) is 4.98 Å². The Labute approximate surface area is 118 Å². The highest BCUT2D eigenvalue weighted by Gasteiger charge is 2.33. The van der Waals surface area contributed by atoms with Crippen molar-refractivity contribution in [2.24, 2.45) is 5.73 Å². The smallest absolute Gasteiger partial charge is 0.0897 e. The molecule has 3 nitrogen and oxygen atoms in total. The molecule has 2 aromatic rings. The normalized spacial score (nSPS) is 23.9. The van der Waals surface area contributed by atoms with E-state index in [0.29, 0.717) is 6.04 Å².